The highest BCUT2D eigenvalue weighted by Crippen LogP contribution is 2.34. The van der Waals surface area contributed by atoms with Gasteiger partial charge in [-0.3, -0.25) is 0 Å². The van der Waals surface area contributed by atoms with Gasteiger partial charge in [0.25, 0.3) is 0 Å². The van der Waals surface area contributed by atoms with Crippen molar-refractivity contribution in [3.8, 4) is 5.75 Å². The molecular formula is C14H18N2O. The summed E-state index contributed by atoms with van der Waals surface area (Å²) >= 11 is 0. The van der Waals surface area contributed by atoms with E-state index in [1.165, 1.54) is 28.6 Å². The van der Waals surface area contributed by atoms with E-state index in [9.17, 15) is 0 Å². The fourth-order valence-electron chi connectivity index (χ4n) is 2.90. The van der Waals surface area contributed by atoms with Gasteiger partial charge in [0.2, 0.25) is 0 Å². The molecule has 1 unspecified atom stereocenters. The Bertz CT molecular complexity index is 544. The van der Waals surface area contributed by atoms with Crippen LogP contribution in [0.4, 0.5) is 0 Å². The molecule has 1 aliphatic carbocycles. The van der Waals surface area contributed by atoms with E-state index in [1.54, 1.807) is 7.11 Å². The first-order valence-corrected chi connectivity index (χ1v) is 6.14. The number of hydrogen-bond acceptors (Lipinski definition) is 2. The molecule has 17 heavy (non-hydrogen) atoms. The number of ether oxygens (including phenoxy) is 1. The van der Waals surface area contributed by atoms with E-state index in [2.05, 4.69) is 22.4 Å². The molecule has 1 heterocycles. The summed E-state index contributed by atoms with van der Waals surface area (Å²) in [5.41, 5.74) is 4.13. The van der Waals surface area contributed by atoms with Gasteiger partial charge in [-0.1, -0.05) is 0 Å². The molecule has 1 aromatic heterocycles. The zero-order valence-electron chi connectivity index (χ0n) is 10.3. The molecule has 0 radical (unpaired) electrons. The minimum absolute atomic E-state index is 0.733. The number of hydrogen-bond donors (Lipinski definition) is 2. The third-order valence-corrected chi connectivity index (χ3v) is 3.68. The third-order valence-electron chi connectivity index (χ3n) is 3.68. The summed E-state index contributed by atoms with van der Waals surface area (Å²) in [5, 5.41) is 4.60. The quantitative estimate of drug-likeness (QED) is 0.847. The zero-order valence-corrected chi connectivity index (χ0v) is 10.3. The van der Waals surface area contributed by atoms with Gasteiger partial charge < -0.3 is 15.0 Å². The van der Waals surface area contributed by atoms with Gasteiger partial charge in [0, 0.05) is 16.6 Å². The Morgan fingerprint density at radius 1 is 1.41 bits per heavy atom. The first-order valence-electron chi connectivity index (χ1n) is 6.14. The maximum atomic E-state index is 5.30. The number of H-pyrrole nitrogens is 1. The van der Waals surface area contributed by atoms with Gasteiger partial charge in [0.15, 0.2) is 0 Å². The maximum Gasteiger partial charge on any atom is 0.119 e. The standard InChI is InChI=1S/C14H18N2O/c1-15-8-9-5-11-12-7-10(17-2)3-4-13(12)16-14(11)6-9/h3-4,7,9,15-16H,5-6,8H2,1-2H3. The van der Waals surface area contributed by atoms with Crippen LogP contribution in [0.25, 0.3) is 10.9 Å². The lowest BCUT2D eigenvalue weighted by Crippen LogP contribution is -2.19. The normalized spacial score (nSPS) is 18.6. The Morgan fingerprint density at radius 3 is 3.06 bits per heavy atom. The Labute approximate surface area is 101 Å². The second kappa shape index (κ2) is 4.08. The zero-order chi connectivity index (χ0) is 11.8. The number of fused-ring (bicyclic) bond motifs is 3. The minimum atomic E-state index is 0.733. The first-order chi connectivity index (χ1) is 8.31. The van der Waals surface area contributed by atoms with Crippen LogP contribution in [-0.4, -0.2) is 25.7 Å². The molecule has 0 fully saturated rings. The second-order valence-corrected chi connectivity index (χ2v) is 4.83. The lowest BCUT2D eigenvalue weighted by atomic mass is 10.0. The summed E-state index contributed by atoms with van der Waals surface area (Å²) in [7, 11) is 3.74. The van der Waals surface area contributed by atoms with Gasteiger partial charge in [-0.15, -0.1) is 0 Å². The molecule has 1 aromatic carbocycles. The highest BCUT2D eigenvalue weighted by molar-refractivity contribution is 5.86. The number of aromatic nitrogens is 1. The van der Waals surface area contributed by atoms with Crippen molar-refractivity contribution >= 4 is 10.9 Å². The predicted molar refractivity (Wildman–Crippen MR) is 69.7 cm³/mol. The molecule has 0 bridgehead atoms. The van der Waals surface area contributed by atoms with Crippen LogP contribution in [0.3, 0.4) is 0 Å². The summed E-state index contributed by atoms with van der Waals surface area (Å²) < 4.78 is 5.30. The summed E-state index contributed by atoms with van der Waals surface area (Å²) in [6, 6.07) is 6.27. The van der Waals surface area contributed by atoms with Gasteiger partial charge in [0.05, 0.1) is 7.11 Å². The summed E-state index contributed by atoms with van der Waals surface area (Å²) in [6.07, 6.45) is 2.33. The molecule has 3 nitrogen and oxygen atoms in total. The van der Waals surface area contributed by atoms with E-state index < -0.39 is 0 Å². The highest BCUT2D eigenvalue weighted by atomic mass is 16.5. The Kier molecular flexibility index (Phi) is 2.56. The average molecular weight is 230 g/mol. The number of nitrogens with one attached hydrogen (secondary N) is 2. The molecule has 0 aliphatic heterocycles. The van der Waals surface area contributed by atoms with Crippen LogP contribution in [0.1, 0.15) is 11.3 Å². The van der Waals surface area contributed by atoms with E-state index in [1.807, 2.05) is 13.1 Å². The number of benzene rings is 1. The summed E-state index contributed by atoms with van der Waals surface area (Å²) in [4.78, 5) is 3.53. The van der Waals surface area contributed by atoms with E-state index >= 15 is 0 Å². The Morgan fingerprint density at radius 2 is 2.29 bits per heavy atom. The molecule has 90 valence electrons. The largest absolute Gasteiger partial charge is 0.497 e. The lowest BCUT2D eigenvalue weighted by Gasteiger charge is -2.07. The van der Waals surface area contributed by atoms with E-state index in [0.717, 1.165) is 24.6 Å². The number of methoxy groups -OCH3 is 1. The second-order valence-electron chi connectivity index (χ2n) is 4.83. The molecular weight excluding hydrogens is 212 g/mol. The van der Waals surface area contributed by atoms with Crippen molar-refractivity contribution in [2.75, 3.05) is 20.7 Å². The van der Waals surface area contributed by atoms with Gasteiger partial charge in [-0.25, -0.2) is 0 Å². The topological polar surface area (TPSA) is 37.0 Å². The third kappa shape index (κ3) is 1.71. The molecule has 3 heteroatoms. The van der Waals surface area contributed by atoms with Crippen molar-refractivity contribution in [3.63, 3.8) is 0 Å². The van der Waals surface area contributed by atoms with E-state index in [4.69, 9.17) is 4.74 Å². The predicted octanol–water partition coefficient (Wildman–Crippen LogP) is 2.11. The smallest absolute Gasteiger partial charge is 0.119 e. The van der Waals surface area contributed by atoms with Gasteiger partial charge in [-0.2, -0.15) is 0 Å². The minimum Gasteiger partial charge on any atom is -0.497 e. The summed E-state index contributed by atoms with van der Waals surface area (Å²) in [5.74, 6) is 1.67. The van der Waals surface area contributed by atoms with E-state index in [-0.39, 0.29) is 0 Å². The Balaban J connectivity index is 2.01. The molecule has 2 aromatic rings. The maximum absolute atomic E-state index is 5.30. The fourth-order valence-corrected chi connectivity index (χ4v) is 2.90. The molecule has 0 amide bonds. The molecule has 1 aliphatic rings. The number of aromatic amines is 1. The Hall–Kier alpha value is -1.48. The fraction of sp³-hybridized carbons (Fsp3) is 0.429. The van der Waals surface area contributed by atoms with Crippen molar-refractivity contribution in [1.82, 2.24) is 10.3 Å². The van der Waals surface area contributed by atoms with Crippen molar-refractivity contribution in [2.45, 2.75) is 12.8 Å². The molecule has 3 rings (SSSR count). The van der Waals surface area contributed by atoms with Crippen LogP contribution in [0.15, 0.2) is 18.2 Å². The summed E-state index contributed by atoms with van der Waals surface area (Å²) in [6.45, 7) is 1.09. The lowest BCUT2D eigenvalue weighted by molar-refractivity contribution is 0.415. The van der Waals surface area contributed by atoms with Gasteiger partial charge >= 0.3 is 0 Å². The molecule has 0 saturated heterocycles. The van der Waals surface area contributed by atoms with Crippen LogP contribution in [0, 0.1) is 5.92 Å². The van der Waals surface area contributed by atoms with Crippen molar-refractivity contribution in [2.24, 2.45) is 5.92 Å². The van der Waals surface area contributed by atoms with Gasteiger partial charge in [-0.05, 0) is 56.1 Å². The SMILES string of the molecule is CNCC1Cc2[nH]c3ccc(OC)cc3c2C1. The number of rotatable bonds is 3. The molecule has 0 saturated carbocycles. The van der Waals surface area contributed by atoms with Crippen LogP contribution >= 0.6 is 0 Å². The van der Waals surface area contributed by atoms with Crippen LogP contribution < -0.4 is 10.1 Å². The highest BCUT2D eigenvalue weighted by Gasteiger charge is 2.24. The van der Waals surface area contributed by atoms with Crippen molar-refractivity contribution < 1.29 is 4.74 Å². The molecule has 0 spiro atoms. The average Bonchev–Trinajstić information content (AvgIpc) is 2.86. The first kappa shape index (κ1) is 10.7. The van der Waals surface area contributed by atoms with Crippen LogP contribution in [0.5, 0.6) is 5.75 Å². The van der Waals surface area contributed by atoms with Gasteiger partial charge in [0.1, 0.15) is 5.75 Å². The van der Waals surface area contributed by atoms with Crippen molar-refractivity contribution in [1.29, 1.82) is 0 Å². The van der Waals surface area contributed by atoms with Crippen molar-refractivity contribution in [3.05, 3.63) is 29.5 Å². The van der Waals surface area contributed by atoms with Crippen LogP contribution in [0.2, 0.25) is 0 Å². The van der Waals surface area contributed by atoms with E-state index in [0.29, 0.717) is 0 Å². The molecule has 1 atom stereocenters. The van der Waals surface area contributed by atoms with Crippen LogP contribution in [-0.2, 0) is 12.8 Å². The molecule has 2 N–H and O–H groups in total. The monoisotopic (exact) mass is 230 g/mol.